The van der Waals surface area contributed by atoms with Crippen molar-refractivity contribution in [1.82, 2.24) is 14.2 Å². The number of sulfonamides is 1. The number of likely N-dealkylation sites (tertiary alicyclic amines) is 1. The van der Waals surface area contributed by atoms with Gasteiger partial charge in [-0.2, -0.15) is 4.31 Å². The van der Waals surface area contributed by atoms with Gasteiger partial charge in [0.05, 0.1) is 12.6 Å². The third kappa shape index (κ3) is 3.15. The van der Waals surface area contributed by atoms with Crippen molar-refractivity contribution in [2.24, 2.45) is 0 Å². The van der Waals surface area contributed by atoms with E-state index in [1.54, 1.807) is 47.5 Å². The van der Waals surface area contributed by atoms with Gasteiger partial charge in [-0.15, -0.1) is 0 Å². The summed E-state index contributed by atoms with van der Waals surface area (Å²) in [5.74, 6) is -0.190. The predicted molar refractivity (Wildman–Crippen MR) is 107 cm³/mol. The summed E-state index contributed by atoms with van der Waals surface area (Å²) in [7, 11) is -3.54. The molecule has 1 aromatic carbocycles. The Balaban J connectivity index is 1.41. The van der Waals surface area contributed by atoms with Crippen LogP contribution < -0.4 is 0 Å². The minimum atomic E-state index is -3.54. The molecule has 9 heteroatoms. The lowest BCUT2D eigenvalue weighted by Gasteiger charge is -2.39. The predicted octanol–water partition coefficient (Wildman–Crippen LogP) is 1.93. The zero-order valence-electron chi connectivity index (χ0n) is 15.6. The van der Waals surface area contributed by atoms with Gasteiger partial charge in [-0.3, -0.25) is 9.78 Å². The van der Waals surface area contributed by atoms with Crippen molar-refractivity contribution in [2.45, 2.75) is 29.9 Å². The van der Waals surface area contributed by atoms with Gasteiger partial charge >= 0.3 is 0 Å². The second-order valence-corrected chi connectivity index (χ2v) is 10.4. The van der Waals surface area contributed by atoms with Gasteiger partial charge in [-0.05, 0) is 36.2 Å². The van der Waals surface area contributed by atoms with Crippen molar-refractivity contribution in [3.8, 4) is 0 Å². The molecule has 152 valence electrons. The summed E-state index contributed by atoms with van der Waals surface area (Å²) in [6.07, 6.45) is 1.71. The minimum Gasteiger partial charge on any atom is -0.365 e. The van der Waals surface area contributed by atoms with Crippen LogP contribution in [0.3, 0.4) is 0 Å². The number of carbonyl (C=O) groups excluding carboxylic acids is 1. The van der Waals surface area contributed by atoms with Crippen molar-refractivity contribution in [3.63, 3.8) is 0 Å². The number of carbonyl (C=O) groups is 1. The first-order chi connectivity index (χ1) is 13.9. The first kappa shape index (κ1) is 19.0. The fraction of sp³-hybridized carbons (Fsp3) is 0.400. The van der Waals surface area contributed by atoms with Crippen LogP contribution in [0.15, 0.2) is 48.7 Å². The molecule has 0 unspecified atom stereocenters. The molecular formula is C20H20ClN3O4S. The maximum absolute atomic E-state index is 13.2. The van der Waals surface area contributed by atoms with Gasteiger partial charge in [-0.1, -0.05) is 29.8 Å². The van der Waals surface area contributed by atoms with Gasteiger partial charge in [0.2, 0.25) is 10.0 Å². The number of benzene rings is 1. The van der Waals surface area contributed by atoms with E-state index in [4.69, 9.17) is 16.3 Å². The minimum absolute atomic E-state index is 0.190. The molecule has 2 aromatic rings. The third-order valence-electron chi connectivity index (χ3n) is 5.93. The number of pyridine rings is 1. The van der Waals surface area contributed by atoms with Gasteiger partial charge in [-0.25, -0.2) is 8.42 Å². The number of nitrogens with zero attached hydrogens (tertiary/aromatic N) is 3. The first-order valence-corrected chi connectivity index (χ1v) is 11.4. The van der Waals surface area contributed by atoms with Crippen LogP contribution in [0, 0.1) is 0 Å². The van der Waals surface area contributed by atoms with E-state index >= 15 is 0 Å². The number of halogens is 1. The van der Waals surface area contributed by atoms with Gasteiger partial charge in [0, 0.05) is 30.9 Å². The van der Waals surface area contributed by atoms with Gasteiger partial charge in [0.15, 0.2) is 0 Å². The monoisotopic (exact) mass is 433 g/mol. The number of hydrogen-bond donors (Lipinski definition) is 0. The number of rotatable bonds is 3. The number of aromatic nitrogens is 1. The van der Waals surface area contributed by atoms with E-state index in [0.717, 1.165) is 5.56 Å². The molecule has 4 heterocycles. The molecule has 0 aliphatic carbocycles. The van der Waals surface area contributed by atoms with Crippen molar-refractivity contribution in [2.75, 3.05) is 19.6 Å². The topological polar surface area (TPSA) is 79.8 Å². The van der Waals surface area contributed by atoms with Crippen molar-refractivity contribution in [3.05, 3.63) is 64.9 Å². The number of morpholine rings is 1. The van der Waals surface area contributed by atoms with Crippen LogP contribution in [-0.4, -0.2) is 65.1 Å². The highest BCUT2D eigenvalue weighted by molar-refractivity contribution is 7.90. The summed E-state index contributed by atoms with van der Waals surface area (Å²) < 4.78 is 34.1. The number of ether oxygens (including phenoxy) is 1. The van der Waals surface area contributed by atoms with Crippen LogP contribution in [0.1, 0.15) is 22.5 Å². The lowest BCUT2D eigenvalue weighted by molar-refractivity contribution is -0.0981. The summed E-state index contributed by atoms with van der Waals surface area (Å²) >= 11 is 6.05. The number of hydrogen-bond acceptors (Lipinski definition) is 5. The fourth-order valence-electron chi connectivity index (χ4n) is 4.74. The molecule has 3 aliphatic heterocycles. The van der Waals surface area contributed by atoms with E-state index in [0.29, 0.717) is 23.7 Å². The maximum atomic E-state index is 13.2. The Morgan fingerprint density at radius 3 is 2.86 bits per heavy atom. The van der Waals surface area contributed by atoms with Crippen molar-refractivity contribution in [1.29, 1.82) is 0 Å². The number of amides is 1. The van der Waals surface area contributed by atoms with Crippen LogP contribution in [0.2, 0.25) is 5.02 Å². The second kappa shape index (κ2) is 6.77. The van der Waals surface area contributed by atoms with Crippen LogP contribution in [0.25, 0.3) is 0 Å². The molecule has 0 radical (unpaired) electrons. The van der Waals surface area contributed by atoms with Gasteiger partial charge in [0.1, 0.15) is 16.5 Å². The second-order valence-electron chi connectivity index (χ2n) is 7.87. The molecule has 29 heavy (non-hydrogen) atoms. The zero-order chi connectivity index (χ0) is 20.2. The molecule has 3 saturated heterocycles. The van der Waals surface area contributed by atoms with Crippen LogP contribution >= 0.6 is 11.6 Å². The van der Waals surface area contributed by atoms with Gasteiger partial charge in [0.25, 0.3) is 5.91 Å². The Hall–Kier alpha value is -2.00. The fourth-order valence-corrected chi connectivity index (χ4v) is 7.24. The Bertz CT molecular complexity index is 1060. The van der Waals surface area contributed by atoms with Crippen LogP contribution in [0.5, 0.6) is 0 Å². The average molecular weight is 434 g/mol. The summed E-state index contributed by atoms with van der Waals surface area (Å²) in [5.41, 5.74) is 0.287. The quantitative estimate of drug-likeness (QED) is 0.739. The van der Waals surface area contributed by atoms with Crippen LogP contribution in [0.4, 0.5) is 0 Å². The van der Waals surface area contributed by atoms with Crippen molar-refractivity contribution >= 4 is 27.5 Å². The highest BCUT2D eigenvalue weighted by Crippen LogP contribution is 2.47. The third-order valence-corrected chi connectivity index (χ3v) is 8.48. The average Bonchev–Trinajstić information content (AvgIpc) is 3.07. The Labute approximate surface area is 174 Å². The maximum Gasteiger partial charge on any atom is 0.272 e. The van der Waals surface area contributed by atoms with E-state index in [-0.39, 0.29) is 31.6 Å². The van der Waals surface area contributed by atoms with E-state index in [1.165, 1.54) is 4.31 Å². The Kier molecular flexibility index (Phi) is 4.43. The molecule has 3 aliphatic rings. The summed E-state index contributed by atoms with van der Waals surface area (Å²) in [6.45, 7) is 1.10. The SMILES string of the molecule is O=C(c1ccccn1)N1C[C@H]2C[C@H]3[C@](C1)(CN(Cc1cccc(Cl)c1)S3(=O)=O)O2. The molecule has 5 rings (SSSR count). The molecule has 3 fully saturated rings. The van der Waals surface area contributed by atoms with E-state index in [2.05, 4.69) is 4.98 Å². The molecule has 1 amide bonds. The molecular weight excluding hydrogens is 414 g/mol. The normalized spacial score (nSPS) is 30.3. The number of fused-ring (bicyclic) bond motifs is 1. The molecule has 0 N–H and O–H groups in total. The summed E-state index contributed by atoms with van der Waals surface area (Å²) in [6, 6.07) is 12.4. The first-order valence-electron chi connectivity index (χ1n) is 9.49. The Morgan fingerprint density at radius 2 is 2.10 bits per heavy atom. The van der Waals surface area contributed by atoms with Crippen molar-refractivity contribution < 1.29 is 17.9 Å². The lowest BCUT2D eigenvalue weighted by Crippen LogP contribution is -2.56. The van der Waals surface area contributed by atoms with E-state index in [9.17, 15) is 13.2 Å². The van der Waals surface area contributed by atoms with Gasteiger partial charge < -0.3 is 9.64 Å². The van der Waals surface area contributed by atoms with E-state index < -0.39 is 20.9 Å². The standard InChI is InChI=1S/C20H20ClN3O4S/c21-15-5-3-4-14(8-15)10-24-13-20-12-23(19(25)17-6-1-2-7-22-17)11-16(28-20)9-18(20)29(24,26)27/h1-8,16,18H,9-13H2/t16-,18+,20+/m1/s1. The summed E-state index contributed by atoms with van der Waals surface area (Å²) in [4.78, 5) is 18.7. The van der Waals surface area contributed by atoms with E-state index in [1.807, 2.05) is 6.07 Å². The lowest BCUT2D eigenvalue weighted by atomic mass is 9.99. The van der Waals surface area contributed by atoms with Crippen LogP contribution in [-0.2, 0) is 21.3 Å². The molecule has 3 atom stereocenters. The smallest absolute Gasteiger partial charge is 0.272 e. The zero-order valence-corrected chi connectivity index (χ0v) is 17.1. The summed E-state index contributed by atoms with van der Waals surface area (Å²) in [5, 5.41) is -0.0701. The molecule has 2 bridgehead atoms. The molecule has 1 spiro atoms. The highest BCUT2D eigenvalue weighted by Gasteiger charge is 2.65. The Morgan fingerprint density at radius 1 is 1.24 bits per heavy atom. The molecule has 1 aromatic heterocycles. The molecule has 0 saturated carbocycles. The highest BCUT2D eigenvalue weighted by atomic mass is 35.5. The largest absolute Gasteiger partial charge is 0.365 e. The molecule has 7 nitrogen and oxygen atoms in total.